The van der Waals surface area contributed by atoms with Gasteiger partial charge in [-0.05, 0) is 51.3 Å². The second-order valence-electron chi connectivity index (χ2n) is 8.52. The first-order valence-corrected chi connectivity index (χ1v) is 12.2. The summed E-state index contributed by atoms with van der Waals surface area (Å²) in [7, 11) is 1.37. The third kappa shape index (κ3) is 5.82. The van der Waals surface area contributed by atoms with Crippen LogP contribution in [0.4, 0.5) is 26.5 Å². The van der Waals surface area contributed by atoms with E-state index < -0.39 is 5.82 Å². The minimum atomic E-state index is -0.480. The van der Waals surface area contributed by atoms with Crippen molar-refractivity contribution in [2.24, 2.45) is 0 Å². The molecule has 1 fully saturated rings. The Hall–Kier alpha value is -2.96. The van der Waals surface area contributed by atoms with Gasteiger partial charge >= 0.3 is 6.09 Å². The number of nitrogens with one attached hydrogen (secondary N) is 1. The molecule has 1 saturated heterocycles. The van der Waals surface area contributed by atoms with Gasteiger partial charge in [0.2, 0.25) is 5.91 Å². The van der Waals surface area contributed by atoms with Crippen molar-refractivity contribution < 1.29 is 27.9 Å². The van der Waals surface area contributed by atoms with Gasteiger partial charge in [0.1, 0.15) is 23.8 Å². The number of piperidine rings is 1. The summed E-state index contributed by atoms with van der Waals surface area (Å²) in [5.41, 5.74) is 1.00. The highest BCUT2D eigenvalue weighted by Gasteiger charge is 2.36. The summed E-state index contributed by atoms with van der Waals surface area (Å²) in [6, 6.07) is 4.51. The molecular weight excluding hydrogens is 477 g/mol. The first kappa shape index (κ1) is 25.1. The van der Waals surface area contributed by atoms with E-state index in [-0.39, 0.29) is 29.8 Å². The summed E-state index contributed by atoms with van der Waals surface area (Å²) in [4.78, 5) is 42.3. The van der Waals surface area contributed by atoms with Crippen LogP contribution in [0.3, 0.4) is 0 Å². The van der Waals surface area contributed by atoms with Crippen molar-refractivity contribution in [1.29, 1.82) is 0 Å². The molecule has 1 N–H and O–H groups in total. The number of aromatic nitrogens is 2. The van der Waals surface area contributed by atoms with E-state index in [1.165, 1.54) is 19.5 Å². The van der Waals surface area contributed by atoms with E-state index in [2.05, 4.69) is 20.2 Å². The van der Waals surface area contributed by atoms with E-state index in [0.717, 1.165) is 17.6 Å². The maximum Gasteiger partial charge on any atom is 0.410 e. The van der Waals surface area contributed by atoms with Crippen molar-refractivity contribution in [2.45, 2.75) is 56.6 Å². The third-order valence-electron chi connectivity index (χ3n) is 5.82. The summed E-state index contributed by atoms with van der Waals surface area (Å²) in [6.45, 7) is 4.62. The number of ether oxygens (including phenoxy) is 1. The molecule has 0 radical (unpaired) electrons. The molecule has 4 rings (SSSR count). The summed E-state index contributed by atoms with van der Waals surface area (Å²) in [6.07, 6.45) is 2.83. The smallest absolute Gasteiger partial charge is 0.410 e. The SMILES string of the molecule is COOSc1ccc(Nc2ncnc3c2CCC(=O)N3C2CCN(C(=O)OC(C)C)CC2)c(F)c1. The van der Waals surface area contributed by atoms with Gasteiger partial charge in [-0.15, -0.1) is 0 Å². The van der Waals surface area contributed by atoms with Gasteiger partial charge in [0, 0.05) is 36.0 Å². The molecule has 188 valence electrons. The van der Waals surface area contributed by atoms with E-state index in [1.54, 1.807) is 21.9 Å². The molecule has 35 heavy (non-hydrogen) atoms. The Morgan fingerprint density at radius 2 is 2.00 bits per heavy atom. The molecule has 0 unspecified atom stereocenters. The first-order chi connectivity index (χ1) is 16.9. The van der Waals surface area contributed by atoms with Crippen LogP contribution in [0.2, 0.25) is 0 Å². The van der Waals surface area contributed by atoms with Crippen LogP contribution in [0.5, 0.6) is 0 Å². The molecule has 12 heteroatoms. The van der Waals surface area contributed by atoms with E-state index >= 15 is 0 Å². The molecule has 0 spiro atoms. The van der Waals surface area contributed by atoms with Gasteiger partial charge in [0.25, 0.3) is 0 Å². The number of amides is 2. The molecular formula is C23H28FN5O5S. The van der Waals surface area contributed by atoms with E-state index in [4.69, 9.17) is 9.07 Å². The van der Waals surface area contributed by atoms with Gasteiger partial charge in [0.15, 0.2) is 0 Å². The highest BCUT2D eigenvalue weighted by molar-refractivity contribution is 7.94. The number of halogens is 1. The highest BCUT2D eigenvalue weighted by atomic mass is 32.2. The molecule has 2 aliphatic heterocycles. The Balaban J connectivity index is 1.50. The van der Waals surface area contributed by atoms with Crippen molar-refractivity contribution in [2.75, 3.05) is 30.4 Å². The Morgan fingerprint density at radius 3 is 2.69 bits per heavy atom. The van der Waals surface area contributed by atoms with Crippen LogP contribution in [0.1, 0.15) is 38.7 Å². The lowest BCUT2D eigenvalue weighted by Gasteiger charge is -2.40. The Labute approximate surface area is 207 Å². The lowest BCUT2D eigenvalue weighted by atomic mass is 9.98. The maximum absolute atomic E-state index is 14.7. The molecule has 1 aromatic carbocycles. The van der Waals surface area contributed by atoms with Crippen LogP contribution in [-0.2, 0) is 25.2 Å². The summed E-state index contributed by atoms with van der Waals surface area (Å²) in [5, 5.41) is 3.05. The van der Waals surface area contributed by atoms with Crippen LogP contribution in [0.15, 0.2) is 29.4 Å². The number of fused-ring (bicyclic) bond motifs is 1. The van der Waals surface area contributed by atoms with Crippen LogP contribution in [0, 0.1) is 5.82 Å². The lowest BCUT2D eigenvalue weighted by Crippen LogP contribution is -2.51. The number of benzene rings is 1. The van der Waals surface area contributed by atoms with Gasteiger partial charge in [-0.1, -0.05) is 0 Å². The monoisotopic (exact) mass is 505 g/mol. The molecule has 2 amide bonds. The van der Waals surface area contributed by atoms with Crippen LogP contribution < -0.4 is 10.2 Å². The van der Waals surface area contributed by atoms with Crippen molar-refractivity contribution in [3.8, 4) is 0 Å². The predicted molar refractivity (Wildman–Crippen MR) is 128 cm³/mol. The number of carbonyl (C=O) groups excluding carboxylic acids is 2. The van der Waals surface area contributed by atoms with Crippen LogP contribution >= 0.6 is 12.0 Å². The fraction of sp³-hybridized carbons (Fsp3) is 0.478. The van der Waals surface area contributed by atoms with Gasteiger partial charge in [-0.3, -0.25) is 9.69 Å². The first-order valence-electron chi connectivity index (χ1n) is 11.4. The van der Waals surface area contributed by atoms with Crippen molar-refractivity contribution in [3.63, 3.8) is 0 Å². The molecule has 0 saturated carbocycles. The number of likely N-dealkylation sites (tertiary alicyclic amines) is 1. The molecule has 1 aromatic heterocycles. The Morgan fingerprint density at radius 1 is 1.23 bits per heavy atom. The predicted octanol–water partition coefficient (Wildman–Crippen LogP) is 4.23. The van der Waals surface area contributed by atoms with Crippen LogP contribution in [0.25, 0.3) is 0 Å². The number of anilines is 3. The van der Waals surface area contributed by atoms with Gasteiger partial charge in [-0.2, -0.15) is 4.33 Å². The molecule has 0 aliphatic carbocycles. The number of rotatable bonds is 7. The van der Waals surface area contributed by atoms with E-state index in [1.807, 2.05) is 13.8 Å². The lowest BCUT2D eigenvalue weighted by molar-refractivity contribution is -0.160. The Bertz CT molecular complexity index is 1080. The highest BCUT2D eigenvalue weighted by Crippen LogP contribution is 2.35. The van der Waals surface area contributed by atoms with Crippen molar-refractivity contribution >= 4 is 41.4 Å². The van der Waals surface area contributed by atoms with E-state index in [0.29, 0.717) is 55.3 Å². The minimum Gasteiger partial charge on any atom is -0.447 e. The molecule has 0 atom stereocenters. The van der Waals surface area contributed by atoms with E-state index in [9.17, 15) is 14.0 Å². The largest absolute Gasteiger partial charge is 0.447 e. The molecule has 10 nitrogen and oxygen atoms in total. The number of hydrogen-bond donors (Lipinski definition) is 1. The number of hydrogen-bond acceptors (Lipinski definition) is 9. The van der Waals surface area contributed by atoms with Crippen molar-refractivity contribution in [1.82, 2.24) is 14.9 Å². The zero-order chi connectivity index (χ0) is 24.9. The molecule has 3 heterocycles. The molecule has 2 aliphatic rings. The fourth-order valence-electron chi connectivity index (χ4n) is 4.23. The molecule has 0 bridgehead atoms. The zero-order valence-corrected chi connectivity index (χ0v) is 20.6. The van der Waals surface area contributed by atoms with Gasteiger partial charge in [-0.25, -0.2) is 24.0 Å². The fourth-order valence-corrected chi connectivity index (χ4v) is 4.65. The summed E-state index contributed by atoms with van der Waals surface area (Å²) in [5.74, 6) is 0.489. The topological polar surface area (TPSA) is 106 Å². The van der Waals surface area contributed by atoms with Crippen molar-refractivity contribution in [3.05, 3.63) is 35.9 Å². The Kier molecular flexibility index (Phi) is 8.04. The number of nitrogens with zero attached hydrogens (tertiary/aromatic N) is 4. The quantitative estimate of drug-likeness (QED) is 0.336. The average Bonchev–Trinajstić information content (AvgIpc) is 2.84. The van der Waals surface area contributed by atoms with Gasteiger partial charge < -0.3 is 15.0 Å². The standard InChI is InChI=1S/C23H28FN5O5S/c1-14(2)33-23(31)28-10-8-15(9-11-28)29-20(30)7-5-17-21(25-13-26-22(17)29)27-19-6-4-16(12-18(19)24)35-34-32-3/h4,6,12-15H,5,7-11H2,1-3H3,(H,25,26,27). The average molecular weight is 506 g/mol. The normalized spacial score (nSPS) is 16.4. The second-order valence-corrected chi connectivity index (χ2v) is 9.30. The minimum absolute atomic E-state index is 0.0175. The second kappa shape index (κ2) is 11.2. The number of carbonyl (C=O) groups is 2. The molecule has 2 aromatic rings. The summed E-state index contributed by atoms with van der Waals surface area (Å²) < 4.78 is 24.7. The van der Waals surface area contributed by atoms with Gasteiger partial charge in [0.05, 0.1) is 30.9 Å². The maximum atomic E-state index is 14.7. The van der Waals surface area contributed by atoms with Crippen LogP contribution in [-0.4, -0.2) is 59.2 Å². The third-order valence-corrected chi connectivity index (χ3v) is 6.48. The zero-order valence-electron chi connectivity index (χ0n) is 19.8. The summed E-state index contributed by atoms with van der Waals surface area (Å²) >= 11 is 0.901.